The number of aryl methyl sites for hydroxylation is 2. The van der Waals surface area contributed by atoms with Crippen LogP contribution in [0.2, 0.25) is 0 Å². The molecular formula is C33H47N3O2S. The maximum Gasteiger partial charge on any atom is 0.308 e. The lowest BCUT2D eigenvalue weighted by atomic mass is 9.91. The second-order valence-corrected chi connectivity index (χ2v) is 12.6. The van der Waals surface area contributed by atoms with Gasteiger partial charge in [0, 0.05) is 26.2 Å². The van der Waals surface area contributed by atoms with Crippen molar-refractivity contribution in [1.82, 2.24) is 14.4 Å². The first-order valence-corrected chi connectivity index (χ1v) is 16.2. The van der Waals surface area contributed by atoms with Crippen LogP contribution in [0.15, 0.2) is 53.3 Å². The normalized spacial score (nSPS) is 17.7. The number of aromatic nitrogens is 1. The van der Waals surface area contributed by atoms with Gasteiger partial charge in [-0.25, -0.2) is 0 Å². The molecule has 6 heteroatoms. The van der Waals surface area contributed by atoms with Crippen molar-refractivity contribution in [3.05, 3.63) is 69.3 Å². The lowest BCUT2D eigenvalue weighted by Gasteiger charge is -2.32. The number of fused-ring (bicyclic) bond motifs is 1. The number of likely N-dealkylation sites (tertiary alicyclic amines) is 1. The maximum absolute atomic E-state index is 12.8. The predicted octanol–water partition coefficient (Wildman–Crippen LogP) is 6.23. The summed E-state index contributed by atoms with van der Waals surface area (Å²) in [6.07, 6.45) is 12.8. The van der Waals surface area contributed by atoms with E-state index >= 15 is 0 Å². The fourth-order valence-electron chi connectivity index (χ4n) is 6.29. The molecule has 0 atom stereocenters. The Morgan fingerprint density at radius 3 is 2.31 bits per heavy atom. The van der Waals surface area contributed by atoms with Crippen LogP contribution in [0, 0.1) is 5.92 Å². The maximum atomic E-state index is 12.8. The first kappa shape index (κ1) is 28.5. The Kier molecular flexibility index (Phi) is 11.1. The molecule has 2 aliphatic rings. The van der Waals surface area contributed by atoms with Crippen LogP contribution in [0.3, 0.4) is 0 Å². The molecule has 3 aromatic rings. The van der Waals surface area contributed by atoms with Gasteiger partial charge < -0.3 is 9.64 Å². The minimum absolute atomic E-state index is 0.194. The van der Waals surface area contributed by atoms with Crippen molar-refractivity contribution >= 4 is 21.6 Å². The minimum Gasteiger partial charge on any atom is -0.379 e. The Bertz CT molecular complexity index is 1180. The smallest absolute Gasteiger partial charge is 0.308 e. The minimum atomic E-state index is 0.194. The van der Waals surface area contributed by atoms with Gasteiger partial charge >= 0.3 is 4.87 Å². The van der Waals surface area contributed by atoms with Gasteiger partial charge in [0.25, 0.3) is 0 Å². The Balaban J connectivity index is 0.992. The van der Waals surface area contributed by atoms with Gasteiger partial charge in [-0.3, -0.25) is 14.3 Å². The summed E-state index contributed by atoms with van der Waals surface area (Å²) in [5.41, 5.74) is 3.95. The number of ether oxygens (including phenoxy) is 1. The summed E-state index contributed by atoms with van der Waals surface area (Å²) >= 11 is 1.42. The van der Waals surface area contributed by atoms with E-state index in [0.717, 1.165) is 61.9 Å². The van der Waals surface area contributed by atoms with Crippen molar-refractivity contribution in [2.24, 2.45) is 5.92 Å². The van der Waals surface area contributed by atoms with Gasteiger partial charge in [0.15, 0.2) is 0 Å². The number of unbranched alkanes of at least 4 members (excludes halogenated alkanes) is 3. The van der Waals surface area contributed by atoms with Crippen LogP contribution in [0.25, 0.3) is 10.2 Å². The Morgan fingerprint density at radius 2 is 1.49 bits per heavy atom. The fourth-order valence-corrected chi connectivity index (χ4v) is 7.27. The van der Waals surface area contributed by atoms with E-state index in [0.29, 0.717) is 0 Å². The number of piperidine rings is 1. The molecule has 3 heterocycles. The van der Waals surface area contributed by atoms with Crippen LogP contribution in [0.5, 0.6) is 0 Å². The highest BCUT2D eigenvalue weighted by Gasteiger charge is 2.19. The van der Waals surface area contributed by atoms with E-state index in [4.69, 9.17) is 4.74 Å². The van der Waals surface area contributed by atoms with Gasteiger partial charge in [-0.05, 0) is 93.8 Å². The van der Waals surface area contributed by atoms with Crippen molar-refractivity contribution in [3.63, 3.8) is 0 Å². The summed E-state index contributed by atoms with van der Waals surface area (Å²) in [6.45, 7) is 9.21. The second-order valence-electron chi connectivity index (χ2n) is 11.6. The van der Waals surface area contributed by atoms with Crippen molar-refractivity contribution in [1.29, 1.82) is 0 Å². The molecule has 1 aromatic heterocycles. The Labute approximate surface area is 238 Å². The average Bonchev–Trinajstić information content (AvgIpc) is 3.29. The molecule has 0 unspecified atom stereocenters. The van der Waals surface area contributed by atoms with Gasteiger partial charge in [0.2, 0.25) is 0 Å². The second kappa shape index (κ2) is 15.1. The molecule has 5 rings (SSSR count). The van der Waals surface area contributed by atoms with E-state index in [1.807, 2.05) is 4.57 Å². The highest BCUT2D eigenvalue weighted by atomic mass is 32.1. The summed E-state index contributed by atoms with van der Waals surface area (Å²) in [5, 5.41) is 0. The number of hydrogen-bond donors (Lipinski definition) is 0. The first-order chi connectivity index (χ1) is 19.2. The molecule has 0 spiro atoms. The molecule has 0 saturated carbocycles. The van der Waals surface area contributed by atoms with Crippen LogP contribution in [0.4, 0.5) is 0 Å². The van der Waals surface area contributed by atoms with E-state index in [-0.39, 0.29) is 4.87 Å². The largest absolute Gasteiger partial charge is 0.379 e. The van der Waals surface area contributed by atoms with Crippen LogP contribution < -0.4 is 4.87 Å². The van der Waals surface area contributed by atoms with E-state index < -0.39 is 0 Å². The van der Waals surface area contributed by atoms with Crippen LogP contribution >= 0.6 is 11.3 Å². The monoisotopic (exact) mass is 549 g/mol. The molecule has 0 radical (unpaired) electrons. The van der Waals surface area contributed by atoms with E-state index in [9.17, 15) is 4.79 Å². The lowest BCUT2D eigenvalue weighted by Crippen LogP contribution is -2.36. The van der Waals surface area contributed by atoms with Crippen LogP contribution in [-0.4, -0.2) is 66.8 Å². The number of morpholine rings is 1. The third kappa shape index (κ3) is 8.75. The molecule has 5 nitrogen and oxygen atoms in total. The van der Waals surface area contributed by atoms with E-state index in [1.54, 1.807) is 0 Å². The average molecular weight is 550 g/mol. The highest BCUT2D eigenvalue weighted by Crippen LogP contribution is 2.24. The van der Waals surface area contributed by atoms with Crippen LogP contribution in [-0.2, 0) is 24.1 Å². The molecule has 39 heavy (non-hydrogen) atoms. The first-order valence-electron chi connectivity index (χ1n) is 15.4. The van der Waals surface area contributed by atoms with Gasteiger partial charge in [-0.2, -0.15) is 0 Å². The van der Waals surface area contributed by atoms with E-state index in [2.05, 4.69) is 58.3 Å². The lowest BCUT2D eigenvalue weighted by molar-refractivity contribution is 0.0372. The summed E-state index contributed by atoms with van der Waals surface area (Å²) in [7, 11) is 0. The highest BCUT2D eigenvalue weighted by molar-refractivity contribution is 7.16. The quantitative estimate of drug-likeness (QED) is 0.223. The third-order valence-corrected chi connectivity index (χ3v) is 9.74. The third-order valence-electron chi connectivity index (χ3n) is 8.79. The summed E-state index contributed by atoms with van der Waals surface area (Å²) in [5.74, 6) is 0.884. The van der Waals surface area contributed by atoms with Crippen molar-refractivity contribution in [2.75, 3.05) is 52.5 Å². The van der Waals surface area contributed by atoms with Crippen LogP contribution in [0.1, 0.15) is 62.5 Å². The van der Waals surface area contributed by atoms with Gasteiger partial charge in [0.05, 0.1) is 23.4 Å². The molecule has 2 aromatic carbocycles. The molecule has 212 valence electrons. The van der Waals surface area contributed by atoms with Crippen molar-refractivity contribution in [2.45, 2.75) is 70.8 Å². The molecule has 0 aliphatic carbocycles. The molecular weight excluding hydrogens is 502 g/mol. The number of nitrogens with zero attached hydrogens (tertiary/aromatic N) is 3. The Hall–Kier alpha value is -1.99. The summed E-state index contributed by atoms with van der Waals surface area (Å²) < 4.78 is 8.61. The predicted molar refractivity (Wildman–Crippen MR) is 164 cm³/mol. The van der Waals surface area contributed by atoms with Crippen molar-refractivity contribution < 1.29 is 4.74 Å². The molecule has 0 bridgehead atoms. The number of hydrogen-bond acceptors (Lipinski definition) is 5. The molecule has 0 amide bonds. The van der Waals surface area contributed by atoms with E-state index in [1.165, 1.54) is 99.9 Å². The molecule has 0 N–H and O–H groups in total. The molecule has 2 saturated heterocycles. The number of rotatable bonds is 14. The zero-order valence-electron chi connectivity index (χ0n) is 23.7. The zero-order chi connectivity index (χ0) is 26.7. The fraction of sp³-hybridized carbons (Fsp3) is 0.606. The Morgan fingerprint density at radius 1 is 0.744 bits per heavy atom. The standard InChI is InChI=1S/C33H47N3O2S/c37-33-36(31-15-14-30(27-32(31)39-33)13-7-8-18-34-23-25-38-26-24-34)22-21-35-19-16-29(17-20-35)12-6-2-5-11-28-9-3-1-4-10-28/h1,3-4,9-10,14-15,27,29H,2,5-8,11-13,16-26H2. The molecule has 2 fully saturated rings. The van der Waals surface area contributed by atoms with Gasteiger partial charge in [-0.15, -0.1) is 0 Å². The number of benzene rings is 2. The van der Waals surface area contributed by atoms with Gasteiger partial charge in [0.1, 0.15) is 0 Å². The van der Waals surface area contributed by atoms with Crippen molar-refractivity contribution in [3.8, 4) is 0 Å². The summed E-state index contributed by atoms with van der Waals surface area (Å²) in [4.78, 5) is 18.1. The topological polar surface area (TPSA) is 37.7 Å². The molecule has 2 aliphatic heterocycles. The number of thiazole rings is 1. The van der Waals surface area contributed by atoms with Gasteiger partial charge in [-0.1, -0.05) is 67.0 Å². The summed E-state index contributed by atoms with van der Waals surface area (Å²) in [6, 6.07) is 17.6. The SMILES string of the molecule is O=c1sc2cc(CCCCN3CCOCC3)ccc2n1CCN1CCC(CCCCCc2ccccc2)CC1. The zero-order valence-corrected chi connectivity index (χ0v) is 24.5.